The van der Waals surface area contributed by atoms with Gasteiger partial charge in [-0.2, -0.15) is 9.97 Å². The molecule has 0 saturated heterocycles. The van der Waals surface area contributed by atoms with E-state index in [-0.39, 0.29) is 17.3 Å². The number of aromatic nitrogens is 3. The predicted octanol–water partition coefficient (Wildman–Crippen LogP) is 3.84. The highest BCUT2D eigenvalue weighted by Crippen LogP contribution is 2.29. The van der Waals surface area contributed by atoms with Crippen LogP contribution in [-0.2, 0) is 0 Å². The van der Waals surface area contributed by atoms with Gasteiger partial charge in [0.05, 0.1) is 6.61 Å². The quantitative estimate of drug-likeness (QED) is 0.838. The molecule has 0 atom stereocenters. The fraction of sp³-hybridized carbons (Fsp3) is 0.357. The summed E-state index contributed by atoms with van der Waals surface area (Å²) in [7, 11) is 0. The maximum Gasteiger partial charge on any atom is 0.329 e. The van der Waals surface area contributed by atoms with Crippen molar-refractivity contribution in [2.45, 2.75) is 26.7 Å². The van der Waals surface area contributed by atoms with Gasteiger partial charge in [0.25, 0.3) is 0 Å². The molecule has 1 heterocycles. The lowest BCUT2D eigenvalue weighted by Crippen LogP contribution is -2.02. The smallest absolute Gasteiger partial charge is 0.329 e. The van der Waals surface area contributed by atoms with Crippen molar-refractivity contribution in [3.63, 3.8) is 0 Å². The number of rotatable bonds is 5. The lowest BCUT2D eigenvalue weighted by atomic mass is 10.0. The van der Waals surface area contributed by atoms with Crippen LogP contribution < -0.4 is 9.47 Å². The fourth-order valence-electron chi connectivity index (χ4n) is 1.70. The first-order valence-electron chi connectivity index (χ1n) is 6.41. The molecule has 6 heteroatoms. The van der Waals surface area contributed by atoms with E-state index in [1.807, 2.05) is 31.2 Å². The molecule has 0 saturated carbocycles. The summed E-state index contributed by atoms with van der Waals surface area (Å²) in [6, 6.07) is 8.02. The van der Waals surface area contributed by atoms with Gasteiger partial charge in [-0.25, -0.2) is 0 Å². The highest BCUT2D eigenvalue weighted by atomic mass is 35.5. The molecule has 106 valence electrons. The Bertz CT molecular complexity index is 590. The minimum absolute atomic E-state index is 0.0421. The summed E-state index contributed by atoms with van der Waals surface area (Å²) in [5.74, 6) is 1.03. The standard InChI is InChI=1S/C14H16ClN3O2/c1-4-19-13-16-12(15)17-14(18-13)20-11-8-6-5-7-10(11)9(2)3/h5-9H,4H2,1-3H3. The van der Waals surface area contributed by atoms with Crippen molar-refractivity contribution < 1.29 is 9.47 Å². The molecule has 0 aliphatic rings. The molecule has 0 aliphatic carbocycles. The molecule has 0 fully saturated rings. The Hall–Kier alpha value is -1.88. The lowest BCUT2D eigenvalue weighted by Gasteiger charge is -2.12. The van der Waals surface area contributed by atoms with Crippen molar-refractivity contribution in [2.24, 2.45) is 0 Å². The Kier molecular flexibility index (Phi) is 4.74. The Morgan fingerprint density at radius 1 is 1.10 bits per heavy atom. The average molecular weight is 294 g/mol. The minimum atomic E-state index is 0.0421. The molecule has 0 radical (unpaired) electrons. The van der Waals surface area contributed by atoms with Crippen molar-refractivity contribution in [2.75, 3.05) is 6.61 Å². The molecular formula is C14H16ClN3O2. The van der Waals surface area contributed by atoms with E-state index in [1.165, 1.54) is 0 Å². The van der Waals surface area contributed by atoms with Gasteiger partial charge in [0, 0.05) is 0 Å². The molecule has 1 aromatic carbocycles. The summed E-state index contributed by atoms with van der Waals surface area (Å²) in [5.41, 5.74) is 1.07. The topological polar surface area (TPSA) is 57.1 Å². The zero-order valence-electron chi connectivity index (χ0n) is 11.6. The summed E-state index contributed by atoms with van der Waals surface area (Å²) >= 11 is 5.83. The molecule has 2 rings (SSSR count). The number of para-hydroxylation sites is 1. The van der Waals surface area contributed by atoms with Crippen LogP contribution in [0.1, 0.15) is 32.3 Å². The third-order valence-corrected chi connectivity index (χ3v) is 2.75. The van der Waals surface area contributed by atoms with E-state index in [2.05, 4.69) is 28.8 Å². The van der Waals surface area contributed by atoms with E-state index < -0.39 is 0 Å². The van der Waals surface area contributed by atoms with Gasteiger partial charge >= 0.3 is 12.0 Å². The van der Waals surface area contributed by atoms with Gasteiger partial charge in [-0.05, 0) is 36.1 Å². The number of benzene rings is 1. The molecule has 0 aliphatic heterocycles. The average Bonchev–Trinajstić information content (AvgIpc) is 2.38. The van der Waals surface area contributed by atoms with Crippen LogP contribution in [0.25, 0.3) is 0 Å². The first-order valence-corrected chi connectivity index (χ1v) is 6.79. The maximum absolute atomic E-state index is 5.83. The van der Waals surface area contributed by atoms with Gasteiger partial charge in [0.15, 0.2) is 0 Å². The van der Waals surface area contributed by atoms with Crippen LogP contribution >= 0.6 is 11.6 Å². The normalized spacial score (nSPS) is 10.7. The molecule has 5 nitrogen and oxygen atoms in total. The van der Waals surface area contributed by atoms with Crippen LogP contribution in [0.2, 0.25) is 5.28 Å². The van der Waals surface area contributed by atoms with Crippen molar-refractivity contribution in [3.05, 3.63) is 35.1 Å². The third kappa shape index (κ3) is 3.57. The first-order chi connectivity index (χ1) is 9.60. The second-order valence-electron chi connectivity index (χ2n) is 4.40. The molecule has 0 spiro atoms. The van der Waals surface area contributed by atoms with Crippen molar-refractivity contribution in [3.8, 4) is 17.8 Å². The number of hydrogen-bond donors (Lipinski definition) is 0. The molecule has 2 aromatic rings. The molecular weight excluding hydrogens is 278 g/mol. The maximum atomic E-state index is 5.83. The monoisotopic (exact) mass is 293 g/mol. The van der Waals surface area contributed by atoms with Crippen LogP contribution in [0.15, 0.2) is 24.3 Å². The van der Waals surface area contributed by atoms with E-state index in [1.54, 1.807) is 0 Å². The minimum Gasteiger partial charge on any atom is -0.464 e. The van der Waals surface area contributed by atoms with Gasteiger partial charge in [0.2, 0.25) is 5.28 Å². The number of ether oxygens (including phenoxy) is 2. The van der Waals surface area contributed by atoms with Gasteiger partial charge in [-0.15, -0.1) is 4.98 Å². The first kappa shape index (κ1) is 14.5. The van der Waals surface area contributed by atoms with E-state index in [0.29, 0.717) is 18.3 Å². The summed E-state index contributed by atoms with van der Waals surface area (Å²) in [4.78, 5) is 11.9. The predicted molar refractivity (Wildman–Crippen MR) is 76.6 cm³/mol. The zero-order valence-corrected chi connectivity index (χ0v) is 12.4. The van der Waals surface area contributed by atoms with E-state index in [9.17, 15) is 0 Å². The summed E-state index contributed by atoms with van der Waals surface area (Å²) in [6.45, 7) is 6.47. The molecule has 0 unspecified atom stereocenters. The number of nitrogens with zero attached hydrogens (tertiary/aromatic N) is 3. The van der Waals surface area contributed by atoms with E-state index in [4.69, 9.17) is 21.1 Å². The molecule has 20 heavy (non-hydrogen) atoms. The highest BCUT2D eigenvalue weighted by Gasteiger charge is 2.12. The van der Waals surface area contributed by atoms with Gasteiger partial charge in [-0.3, -0.25) is 0 Å². The number of hydrogen-bond acceptors (Lipinski definition) is 5. The van der Waals surface area contributed by atoms with Crippen LogP contribution in [0.5, 0.6) is 17.8 Å². The molecule has 0 N–H and O–H groups in total. The summed E-state index contributed by atoms with van der Waals surface area (Å²) in [5, 5.41) is 0.0421. The van der Waals surface area contributed by atoms with Gasteiger partial charge in [0.1, 0.15) is 5.75 Å². The Labute approximate surface area is 123 Å². The second kappa shape index (κ2) is 6.52. The van der Waals surface area contributed by atoms with Crippen LogP contribution in [0.3, 0.4) is 0 Å². The van der Waals surface area contributed by atoms with E-state index >= 15 is 0 Å². The van der Waals surface area contributed by atoms with Crippen LogP contribution in [-0.4, -0.2) is 21.6 Å². The zero-order chi connectivity index (χ0) is 14.5. The lowest BCUT2D eigenvalue weighted by molar-refractivity contribution is 0.302. The molecule has 1 aromatic heterocycles. The molecule has 0 bridgehead atoms. The van der Waals surface area contributed by atoms with E-state index in [0.717, 1.165) is 5.56 Å². The van der Waals surface area contributed by atoms with Gasteiger partial charge in [-0.1, -0.05) is 32.0 Å². The highest BCUT2D eigenvalue weighted by molar-refractivity contribution is 6.28. The Morgan fingerprint density at radius 3 is 2.50 bits per heavy atom. The third-order valence-electron chi connectivity index (χ3n) is 2.58. The Morgan fingerprint density at radius 2 is 1.80 bits per heavy atom. The van der Waals surface area contributed by atoms with Gasteiger partial charge < -0.3 is 9.47 Å². The van der Waals surface area contributed by atoms with Crippen molar-refractivity contribution in [1.82, 2.24) is 15.0 Å². The molecule has 0 amide bonds. The van der Waals surface area contributed by atoms with Crippen LogP contribution in [0, 0.1) is 0 Å². The fourth-order valence-corrected chi connectivity index (χ4v) is 1.85. The largest absolute Gasteiger partial charge is 0.464 e. The Balaban J connectivity index is 2.30. The SMILES string of the molecule is CCOc1nc(Cl)nc(Oc2ccccc2C(C)C)n1. The van der Waals surface area contributed by atoms with Crippen molar-refractivity contribution >= 4 is 11.6 Å². The summed E-state index contributed by atoms with van der Waals surface area (Å²) < 4.78 is 10.9. The second-order valence-corrected chi connectivity index (χ2v) is 4.74. The van der Waals surface area contributed by atoms with Crippen molar-refractivity contribution in [1.29, 1.82) is 0 Å². The number of halogens is 1. The summed E-state index contributed by atoms with van der Waals surface area (Å²) in [6.07, 6.45) is 0. The van der Waals surface area contributed by atoms with Crippen LogP contribution in [0.4, 0.5) is 0 Å².